The summed E-state index contributed by atoms with van der Waals surface area (Å²) >= 11 is 0. The van der Waals surface area contributed by atoms with Gasteiger partial charge in [0.15, 0.2) is 0 Å². The summed E-state index contributed by atoms with van der Waals surface area (Å²) in [6, 6.07) is 14.9. The van der Waals surface area contributed by atoms with Crippen LogP contribution in [0.3, 0.4) is 0 Å². The number of fused-ring (bicyclic) bond motifs is 1. The first kappa shape index (κ1) is 17.7. The summed E-state index contributed by atoms with van der Waals surface area (Å²) in [5, 5.41) is 12.9. The molecular formula is C21H24N2O4. The largest absolute Gasteiger partial charge is 0.508 e. The SMILES string of the molecule is O=C(NC(c1ccccc1)C1CCOC1)N1CCOc2cc(O)ccc2C1. The van der Waals surface area contributed by atoms with Gasteiger partial charge in [-0.05, 0) is 24.1 Å². The molecule has 0 radical (unpaired) electrons. The van der Waals surface area contributed by atoms with Crippen LogP contribution in [0.4, 0.5) is 4.79 Å². The van der Waals surface area contributed by atoms with Gasteiger partial charge in [-0.15, -0.1) is 0 Å². The van der Waals surface area contributed by atoms with Crippen molar-refractivity contribution in [2.45, 2.75) is 19.0 Å². The molecule has 0 spiro atoms. The first-order valence-electron chi connectivity index (χ1n) is 9.33. The Kier molecular flexibility index (Phi) is 5.16. The number of amides is 2. The minimum atomic E-state index is -0.111. The van der Waals surface area contributed by atoms with E-state index in [4.69, 9.17) is 9.47 Å². The van der Waals surface area contributed by atoms with E-state index in [1.165, 1.54) is 0 Å². The molecule has 4 rings (SSSR count). The van der Waals surface area contributed by atoms with Crippen LogP contribution < -0.4 is 10.1 Å². The number of benzene rings is 2. The normalized spacial score (nSPS) is 20.3. The van der Waals surface area contributed by atoms with Gasteiger partial charge >= 0.3 is 6.03 Å². The number of carbonyl (C=O) groups excluding carboxylic acids is 1. The van der Waals surface area contributed by atoms with E-state index in [-0.39, 0.29) is 23.7 Å². The van der Waals surface area contributed by atoms with Crippen LogP contribution in [0.5, 0.6) is 11.5 Å². The van der Waals surface area contributed by atoms with Gasteiger partial charge in [0.05, 0.1) is 25.7 Å². The van der Waals surface area contributed by atoms with Crippen molar-refractivity contribution in [2.75, 3.05) is 26.4 Å². The number of hydrogen-bond acceptors (Lipinski definition) is 4. The number of ether oxygens (including phenoxy) is 2. The number of aromatic hydroxyl groups is 1. The highest BCUT2D eigenvalue weighted by atomic mass is 16.5. The van der Waals surface area contributed by atoms with E-state index in [2.05, 4.69) is 5.32 Å². The number of hydrogen-bond donors (Lipinski definition) is 2. The van der Waals surface area contributed by atoms with Crippen LogP contribution in [0.1, 0.15) is 23.6 Å². The maximum absolute atomic E-state index is 13.0. The molecule has 1 saturated heterocycles. The van der Waals surface area contributed by atoms with Crippen LogP contribution in [0.15, 0.2) is 48.5 Å². The molecule has 0 saturated carbocycles. The summed E-state index contributed by atoms with van der Waals surface area (Å²) in [6.45, 7) is 2.73. The van der Waals surface area contributed by atoms with E-state index in [1.54, 1.807) is 23.1 Å². The average molecular weight is 368 g/mol. The number of nitrogens with zero attached hydrogens (tertiary/aromatic N) is 1. The van der Waals surface area contributed by atoms with E-state index < -0.39 is 0 Å². The van der Waals surface area contributed by atoms with Gasteiger partial charge in [-0.25, -0.2) is 4.79 Å². The Morgan fingerprint density at radius 3 is 2.81 bits per heavy atom. The zero-order valence-electron chi connectivity index (χ0n) is 15.1. The van der Waals surface area contributed by atoms with Gasteiger partial charge < -0.3 is 24.8 Å². The van der Waals surface area contributed by atoms with Crippen molar-refractivity contribution < 1.29 is 19.4 Å². The maximum Gasteiger partial charge on any atom is 0.318 e. The Bertz CT molecular complexity index is 790. The number of carbonyl (C=O) groups is 1. The predicted molar refractivity (Wildman–Crippen MR) is 101 cm³/mol. The molecular weight excluding hydrogens is 344 g/mol. The lowest BCUT2D eigenvalue weighted by Crippen LogP contribution is -2.44. The molecule has 0 aliphatic carbocycles. The van der Waals surface area contributed by atoms with Crippen LogP contribution in [0, 0.1) is 5.92 Å². The number of nitrogens with one attached hydrogen (secondary N) is 1. The molecule has 6 nitrogen and oxygen atoms in total. The van der Waals surface area contributed by atoms with Crippen LogP contribution in [0.25, 0.3) is 0 Å². The lowest BCUT2D eigenvalue weighted by Gasteiger charge is -2.28. The lowest BCUT2D eigenvalue weighted by molar-refractivity contribution is 0.165. The molecule has 2 aromatic rings. The monoisotopic (exact) mass is 368 g/mol. The zero-order chi connectivity index (χ0) is 18.6. The molecule has 6 heteroatoms. The number of rotatable bonds is 3. The van der Waals surface area contributed by atoms with E-state index in [0.717, 1.165) is 24.2 Å². The zero-order valence-corrected chi connectivity index (χ0v) is 15.1. The minimum Gasteiger partial charge on any atom is -0.508 e. The summed E-state index contributed by atoms with van der Waals surface area (Å²) in [5.74, 6) is 1.06. The molecule has 27 heavy (non-hydrogen) atoms. The molecule has 142 valence electrons. The van der Waals surface area contributed by atoms with Gasteiger partial charge in [0.2, 0.25) is 0 Å². The molecule has 2 aliphatic heterocycles. The Hall–Kier alpha value is -2.73. The van der Waals surface area contributed by atoms with Crippen LogP contribution in [0.2, 0.25) is 0 Å². The highest BCUT2D eigenvalue weighted by molar-refractivity contribution is 5.75. The van der Waals surface area contributed by atoms with Crippen molar-refractivity contribution in [3.05, 3.63) is 59.7 Å². The maximum atomic E-state index is 13.0. The molecule has 2 heterocycles. The fraction of sp³-hybridized carbons (Fsp3) is 0.381. The summed E-state index contributed by atoms with van der Waals surface area (Å²) in [7, 11) is 0. The van der Waals surface area contributed by atoms with E-state index >= 15 is 0 Å². The van der Waals surface area contributed by atoms with E-state index in [1.807, 2.05) is 30.3 Å². The molecule has 2 atom stereocenters. The summed E-state index contributed by atoms with van der Waals surface area (Å²) in [5.41, 5.74) is 1.98. The van der Waals surface area contributed by atoms with Gasteiger partial charge in [0.25, 0.3) is 0 Å². The molecule has 1 fully saturated rings. The Morgan fingerprint density at radius 1 is 1.19 bits per heavy atom. The summed E-state index contributed by atoms with van der Waals surface area (Å²) in [4.78, 5) is 14.8. The number of phenols is 1. The van der Waals surface area contributed by atoms with Gasteiger partial charge in [-0.2, -0.15) is 0 Å². The Labute approximate surface area is 158 Å². The Balaban J connectivity index is 1.51. The fourth-order valence-electron chi connectivity index (χ4n) is 3.71. The second kappa shape index (κ2) is 7.88. The van der Waals surface area contributed by atoms with E-state index in [0.29, 0.717) is 32.1 Å². The van der Waals surface area contributed by atoms with Crippen molar-refractivity contribution in [1.82, 2.24) is 10.2 Å². The van der Waals surface area contributed by atoms with Crippen molar-refractivity contribution in [3.63, 3.8) is 0 Å². The van der Waals surface area contributed by atoms with Gasteiger partial charge in [-0.3, -0.25) is 0 Å². The standard InChI is InChI=1S/C21H24N2O4/c24-18-7-6-16-13-23(9-11-27-19(16)12-18)21(25)22-20(17-8-10-26-14-17)15-4-2-1-3-5-15/h1-7,12,17,20,24H,8-11,13-14H2,(H,22,25). The third-order valence-corrected chi connectivity index (χ3v) is 5.19. The molecule has 0 bridgehead atoms. The van der Waals surface area contributed by atoms with Crippen molar-refractivity contribution in [3.8, 4) is 11.5 Å². The predicted octanol–water partition coefficient (Wildman–Crippen LogP) is 3.07. The number of urea groups is 1. The van der Waals surface area contributed by atoms with Crippen molar-refractivity contribution >= 4 is 6.03 Å². The highest BCUT2D eigenvalue weighted by Gasteiger charge is 2.30. The fourth-order valence-corrected chi connectivity index (χ4v) is 3.71. The molecule has 0 aromatic heterocycles. The third-order valence-electron chi connectivity index (χ3n) is 5.19. The minimum absolute atomic E-state index is 0.0790. The lowest BCUT2D eigenvalue weighted by atomic mass is 9.92. The molecule has 2 N–H and O–H groups in total. The van der Waals surface area contributed by atoms with Crippen molar-refractivity contribution in [1.29, 1.82) is 0 Å². The molecule has 2 unspecified atom stereocenters. The van der Waals surface area contributed by atoms with Gasteiger partial charge in [0, 0.05) is 24.2 Å². The molecule has 2 amide bonds. The second-order valence-electron chi connectivity index (χ2n) is 7.02. The first-order valence-corrected chi connectivity index (χ1v) is 9.33. The summed E-state index contributed by atoms with van der Waals surface area (Å²) in [6.07, 6.45) is 0.936. The number of phenolic OH excluding ortho intramolecular Hbond substituents is 1. The quantitative estimate of drug-likeness (QED) is 0.873. The topological polar surface area (TPSA) is 71.0 Å². The van der Waals surface area contributed by atoms with Crippen LogP contribution in [-0.2, 0) is 11.3 Å². The van der Waals surface area contributed by atoms with Gasteiger partial charge in [-0.1, -0.05) is 30.3 Å². The van der Waals surface area contributed by atoms with Crippen LogP contribution >= 0.6 is 0 Å². The van der Waals surface area contributed by atoms with Crippen LogP contribution in [-0.4, -0.2) is 42.4 Å². The van der Waals surface area contributed by atoms with Gasteiger partial charge in [0.1, 0.15) is 18.1 Å². The summed E-state index contributed by atoms with van der Waals surface area (Å²) < 4.78 is 11.3. The second-order valence-corrected chi connectivity index (χ2v) is 7.02. The molecule has 2 aliphatic rings. The molecule has 2 aromatic carbocycles. The smallest absolute Gasteiger partial charge is 0.318 e. The highest BCUT2D eigenvalue weighted by Crippen LogP contribution is 2.30. The van der Waals surface area contributed by atoms with Crippen molar-refractivity contribution in [2.24, 2.45) is 5.92 Å². The third kappa shape index (κ3) is 4.01. The Morgan fingerprint density at radius 2 is 2.04 bits per heavy atom. The first-order chi connectivity index (χ1) is 13.2. The average Bonchev–Trinajstić information content (AvgIpc) is 3.13. The van der Waals surface area contributed by atoms with E-state index in [9.17, 15) is 9.90 Å².